The van der Waals surface area contributed by atoms with Crippen LogP contribution in [0.5, 0.6) is 0 Å². The maximum Gasteiger partial charge on any atom is 0.243 e. The number of sulfonamides is 1. The lowest BCUT2D eigenvalue weighted by Gasteiger charge is -2.30. The number of carbonyl (C=O) groups excluding carboxylic acids is 1. The number of benzene rings is 1. The lowest BCUT2D eigenvalue weighted by atomic mass is 9.97. The van der Waals surface area contributed by atoms with Gasteiger partial charge >= 0.3 is 0 Å². The second kappa shape index (κ2) is 8.41. The van der Waals surface area contributed by atoms with Gasteiger partial charge < -0.3 is 5.32 Å². The summed E-state index contributed by atoms with van der Waals surface area (Å²) in [6.45, 7) is 6.72. The first-order valence-electron chi connectivity index (χ1n) is 9.61. The molecule has 0 saturated carbocycles. The van der Waals surface area contributed by atoms with E-state index < -0.39 is 10.0 Å². The Morgan fingerprint density at radius 3 is 2.36 bits per heavy atom. The molecule has 0 unspecified atom stereocenters. The predicted molar refractivity (Wildman–Crippen MR) is 110 cm³/mol. The molecular formula is C21H27N3O3S. The fourth-order valence-corrected chi connectivity index (χ4v) is 4.84. The first kappa shape index (κ1) is 20.5. The maximum absolute atomic E-state index is 12.9. The number of hydrogen-bond acceptors (Lipinski definition) is 4. The Hall–Kier alpha value is -2.25. The smallest absolute Gasteiger partial charge is 0.243 e. The van der Waals surface area contributed by atoms with Crippen molar-refractivity contribution in [3.05, 3.63) is 53.7 Å². The van der Waals surface area contributed by atoms with Crippen LogP contribution in [0.1, 0.15) is 43.7 Å². The van der Waals surface area contributed by atoms with Crippen LogP contribution in [0.3, 0.4) is 0 Å². The summed E-state index contributed by atoms with van der Waals surface area (Å²) in [5.41, 5.74) is 2.01. The Kier molecular flexibility index (Phi) is 6.15. The van der Waals surface area contributed by atoms with Gasteiger partial charge in [0, 0.05) is 25.2 Å². The number of nitrogens with zero attached hydrogens (tertiary/aromatic N) is 2. The minimum Gasteiger partial charge on any atom is -0.310 e. The summed E-state index contributed by atoms with van der Waals surface area (Å²) in [6.07, 6.45) is 2.64. The molecule has 0 radical (unpaired) electrons. The van der Waals surface area contributed by atoms with Gasteiger partial charge in [-0.25, -0.2) is 13.4 Å². The lowest BCUT2D eigenvalue weighted by molar-refractivity contribution is -0.120. The van der Waals surface area contributed by atoms with Crippen molar-refractivity contribution in [3.8, 4) is 0 Å². The summed E-state index contributed by atoms with van der Waals surface area (Å²) in [4.78, 5) is 17.0. The largest absolute Gasteiger partial charge is 0.310 e. The van der Waals surface area contributed by atoms with Gasteiger partial charge in [-0.15, -0.1) is 0 Å². The molecule has 7 heteroatoms. The summed E-state index contributed by atoms with van der Waals surface area (Å²) < 4.78 is 27.3. The molecule has 0 spiro atoms. The summed E-state index contributed by atoms with van der Waals surface area (Å²) in [6, 6.07) is 10.8. The molecule has 1 aromatic carbocycles. The highest BCUT2D eigenvalue weighted by molar-refractivity contribution is 7.89. The molecular weight excluding hydrogens is 374 g/mol. The van der Waals surface area contributed by atoms with Crippen LogP contribution in [0, 0.1) is 12.8 Å². The standard InChI is InChI=1S/C21H27N3O3S/c1-15(2)17-6-8-19(9-7-17)28(26,27)24-13-10-18(11-14-24)21(25)23-20-16(3)5-4-12-22-20/h4-9,12,15,18H,10-11,13-14H2,1-3H3,(H,22,23,25). The van der Waals surface area contributed by atoms with Crippen LogP contribution in [0.2, 0.25) is 0 Å². The van der Waals surface area contributed by atoms with E-state index in [4.69, 9.17) is 0 Å². The SMILES string of the molecule is Cc1cccnc1NC(=O)C1CCN(S(=O)(=O)c2ccc(C(C)C)cc2)CC1. The first-order chi connectivity index (χ1) is 13.3. The van der Waals surface area contributed by atoms with Gasteiger partial charge in [-0.3, -0.25) is 4.79 Å². The molecule has 1 aliphatic rings. The molecule has 0 atom stereocenters. The van der Waals surface area contributed by atoms with Crippen LogP contribution in [-0.4, -0.2) is 36.7 Å². The van der Waals surface area contributed by atoms with E-state index in [2.05, 4.69) is 24.1 Å². The number of amides is 1. The Balaban J connectivity index is 1.62. The number of piperidine rings is 1. The minimum absolute atomic E-state index is 0.0971. The first-order valence-corrected chi connectivity index (χ1v) is 11.1. The van der Waals surface area contributed by atoms with Crippen molar-refractivity contribution in [3.63, 3.8) is 0 Å². The topological polar surface area (TPSA) is 79.4 Å². The molecule has 1 aromatic heterocycles. The van der Waals surface area contributed by atoms with Crippen molar-refractivity contribution >= 4 is 21.7 Å². The molecule has 1 saturated heterocycles. The molecule has 6 nitrogen and oxygen atoms in total. The van der Waals surface area contributed by atoms with Crippen molar-refractivity contribution < 1.29 is 13.2 Å². The van der Waals surface area contributed by atoms with Gasteiger partial charge in [0.1, 0.15) is 5.82 Å². The second-order valence-electron chi connectivity index (χ2n) is 7.56. The Bertz CT molecular complexity index is 932. The number of nitrogens with one attached hydrogen (secondary N) is 1. The summed E-state index contributed by atoms with van der Waals surface area (Å²) >= 11 is 0. The Labute approximate surface area is 167 Å². The summed E-state index contributed by atoms with van der Waals surface area (Å²) in [7, 11) is -3.53. The van der Waals surface area contributed by atoms with Crippen LogP contribution in [0.15, 0.2) is 47.5 Å². The average molecular weight is 402 g/mol. The minimum atomic E-state index is -3.53. The molecule has 28 heavy (non-hydrogen) atoms. The van der Waals surface area contributed by atoms with Crippen molar-refractivity contribution in [2.24, 2.45) is 5.92 Å². The molecule has 1 aliphatic heterocycles. The number of rotatable bonds is 5. The van der Waals surface area contributed by atoms with Crippen LogP contribution in [-0.2, 0) is 14.8 Å². The van der Waals surface area contributed by atoms with Crippen molar-refractivity contribution in [1.82, 2.24) is 9.29 Å². The van der Waals surface area contributed by atoms with Crippen LogP contribution >= 0.6 is 0 Å². The molecule has 1 fully saturated rings. The maximum atomic E-state index is 12.9. The third kappa shape index (κ3) is 4.42. The zero-order valence-corrected chi connectivity index (χ0v) is 17.4. The highest BCUT2D eigenvalue weighted by atomic mass is 32.2. The van der Waals surface area contributed by atoms with E-state index in [-0.39, 0.29) is 11.8 Å². The number of aromatic nitrogens is 1. The van der Waals surface area contributed by atoms with E-state index >= 15 is 0 Å². The van der Waals surface area contributed by atoms with E-state index in [1.165, 1.54) is 4.31 Å². The van der Waals surface area contributed by atoms with Gasteiger partial charge in [-0.05, 0) is 55.0 Å². The molecule has 0 bridgehead atoms. The van der Waals surface area contributed by atoms with Gasteiger partial charge in [-0.2, -0.15) is 4.31 Å². The normalized spacial score (nSPS) is 16.3. The third-order valence-electron chi connectivity index (χ3n) is 5.26. The highest BCUT2D eigenvalue weighted by Crippen LogP contribution is 2.26. The fraction of sp³-hybridized carbons (Fsp3) is 0.429. The van der Waals surface area contributed by atoms with Crippen LogP contribution < -0.4 is 5.32 Å². The van der Waals surface area contributed by atoms with E-state index in [0.29, 0.717) is 42.6 Å². The summed E-state index contributed by atoms with van der Waals surface area (Å²) in [5, 5.41) is 2.86. The predicted octanol–water partition coefficient (Wildman–Crippen LogP) is 3.55. The molecule has 3 rings (SSSR count). The molecule has 1 amide bonds. The number of carbonyl (C=O) groups is 1. The number of pyridine rings is 1. The van der Waals surface area contributed by atoms with Crippen LogP contribution in [0.25, 0.3) is 0 Å². The fourth-order valence-electron chi connectivity index (χ4n) is 3.37. The van der Waals surface area contributed by atoms with Gasteiger partial charge in [0.05, 0.1) is 4.90 Å². The van der Waals surface area contributed by atoms with Crippen molar-refractivity contribution in [2.45, 2.75) is 44.4 Å². The molecule has 2 heterocycles. The van der Waals surface area contributed by atoms with Crippen molar-refractivity contribution in [2.75, 3.05) is 18.4 Å². The van der Waals surface area contributed by atoms with E-state index in [1.54, 1.807) is 18.3 Å². The number of anilines is 1. The van der Waals surface area contributed by atoms with Crippen molar-refractivity contribution in [1.29, 1.82) is 0 Å². The van der Waals surface area contributed by atoms with E-state index in [9.17, 15) is 13.2 Å². The average Bonchev–Trinajstić information content (AvgIpc) is 2.70. The zero-order valence-electron chi connectivity index (χ0n) is 16.6. The van der Waals surface area contributed by atoms with Crippen LogP contribution in [0.4, 0.5) is 5.82 Å². The number of aryl methyl sites for hydroxylation is 1. The van der Waals surface area contributed by atoms with Gasteiger partial charge in [0.25, 0.3) is 0 Å². The monoisotopic (exact) mass is 401 g/mol. The lowest BCUT2D eigenvalue weighted by Crippen LogP contribution is -2.41. The zero-order chi connectivity index (χ0) is 20.3. The quantitative estimate of drug-likeness (QED) is 0.831. The van der Waals surface area contributed by atoms with E-state index in [1.807, 2.05) is 31.2 Å². The second-order valence-corrected chi connectivity index (χ2v) is 9.50. The summed E-state index contributed by atoms with van der Waals surface area (Å²) in [5.74, 6) is 0.609. The van der Waals surface area contributed by atoms with Gasteiger partial charge in [-0.1, -0.05) is 32.0 Å². The van der Waals surface area contributed by atoms with Gasteiger partial charge in [0.15, 0.2) is 0 Å². The molecule has 2 aromatic rings. The number of hydrogen-bond donors (Lipinski definition) is 1. The highest BCUT2D eigenvalue weighted by Gasteiger charge is 2.32. The molecule has 0 aliphatic carbocycles. The van der Waals surface area contributed by atoms with E-state index in [0.717, 1.165) is 11.1 Å². The Morgan fingerprint density at radius 1 is 1.14 bits per heavy atom. The molecule has 150 valence electrons. The molecule has 1 N–H and O–H groups in total. The third-order valence-corrected chi connectivity index (χ3v) is 7.17. The van der Waals surface area contributed by atoms with Gasteiger partial charge in [0.2, 0.25) is 15.9 Å². The Morgan fingerprint density at radius 2 is 1.79 bits per heavy atom.